The molecule has 0 aliphatic carbocycles. The molecule has 1 unspecified atom stereocenters. The van der Waals surface area contributed by atoms with Crippen LogP contribution in [-0.4, -0.2) is 23.1 Å². The summed E-state index contributed by atoms with van der Waals surface area (Å²) in [6, 6.07) is 8.93. The highest BCUT2D eigenvalue weighted by molar-refractivity contribution is 9.10. The average molecular weight is 375 g/mol. The van der Waals surface area contributed by atoms with Crippen molar-refractivity contribution in [3.8, 4) is 0 Å². The number of hydrogen-bond acceptors (Lipinski definition) is 5. The first kappa shape index (κ1) is 14.1. The van der Waals surface area contributed by atoms with Gasteiger partial charge in [0, 0.05) is 18.0 Å². The van der Waals surface area contributed by atoms with Gasteiger partial charge in [-0.25, -0.2) is 9.97 Å². The average Bonchev–Trinajstić information content (AvgIpc) is 2.94. The predicted octanol–water partition coefficient (Wildman–Crippen LogP) is 3.75. The van der Waals surface area contributed by atoms with Gasteiger partial charge in [0.05, 0.1) is 15.4 Å². The highest BCUT2D eigenvalue weighted by Gasteiger charge is 2.19. The molecule has 0 amide bonds. The monoisotopic (exact) mass is 374 g/mol. The van der Waals surface area contributed by atoms with E-state index < -0.39 is 0 Å². The third kappa shape index (κ3) is 2.62. The number of anilines is 1. The number of nitrogens with zero attached hydrogens (tertiary/aromatic N) is 2. The number of thiophene rings is 1. The first-order chi connectivity index (χ1) is 10.8. The molecule has 1 aliphatic heterocycles. The Hall–Kier alpha value is -1.50. The molecule has 22 heavy (non-hydrogen) atoms. The van der Waals surface area contributed by atoms with E-state index in [4.69, 9.17) is 0 Å². The Labute approximate surface area is 141 Å². The summed E-state index contributed by atoms with van der Waals surface area (Å²) >= 11 is 5.18. The number of benzene rings is 1. The number of fused-ring (bicyclic) bond motifs is 2. The van der Waals surface area contributed by atoms with Crippen molar-refractivity contribution in [2.75, 3.05) is 18.4 Å². The molecule has 3 aromatic rings. The Morgan fingerprint density at radius 2 is 2.27 bits per heavy atom. The van der Waals surface area contributed by atoms with Crippen molar-refractivity contribution in [1.29, 1.82) is 0 Å². The van der Waals surface area contributed by atoms with Crippen LogP contribution in [0.25, 0.3) is 10.2 Å². The van der Waals surface area contributed by atoms with Crippen LogP contribution in [0.1, 0.15) is 17.2 Å². The minimum absolute atomic E-state index is 0.301. The second-order valence-electron chi connectivity index (χ2n) is 5.33. The van der Waals surface area contributed by atoms with E-state index in [1.165, 1.54) is 11.1 Å². The van der Waals surface area contributed by atoms with E-state index in [0.717, 1.165) is 34.2 Å². The summed E-state index contributed by atoms with van der Waals surface area (Å²) in [5.74, 6) is 0.677. The SMILES string of the molecule is Brc1csc2cnc(NCC3NCCc4ccccc43)nc12. The number of nitrogens with one attached hydrogen (secondary N) is 2. The zero-order valence-corrected chi connectivity index (χ0v) is 14.2. The van der Waals surface area contributed by atoms with Crippen molar-refractivity contribution in [2.45, 2.75) is 12.5 Å². The van der Waals surface area contributed by atoms with E-state index in [0.29, 0.717) is 12.0 Å². The fourth-order valence-electron chi connectivity index (χ4n) is 2.85. The molecule has 0 bridgehead atoms. The fourth-order valence-corrected chi connectivity index (χ4v) is 4.29. The predicted molar refractivity (Wildman–Crippen MR) is 94.5 cm³/mol. The number of rotatable bonds is 3. The lowest BCUT2D eigenvalue weighted by atomic mass is 9.94. The molecule has 0 fully saturated rings. The van der Waals surface area contributed by atoms with Gasteiger partial charge in [-0.3, -0.25) is 0 Å². The van der Waals surface area contributed by atoms with E-state index in [-0.39, 0.29) is 0 Å². The van der Waals surface area contributed by atoms with Gasteiger partial charge in [-0.15, -0.1) is 11.3 Å². The molecular formula is C16H15BrN4S. The van der Waals surface area contributed by atoms with E-state index in [1.54, 1.807) is 11.3 Å². The van der Waals surface area contributed by atoms with Crippen molar-refractivity contribution in [3.63, 3.8) is 0 Å². The van der Waals surface area contributed by atoms with Gasteiger partial charge in [-0.05, 0) is 40.0 Å². The maximum Gasteiger partial charge on any atom is 0.223 e. The first-order valence-corrected chi connectivity index (χ1v) is 8.93. The smallest absolute Gasteiger partial charge is 0.223 e. The third-order valence-corrected chi connectivity index (χ3v) is 5.76. The van der Waals surface area contributed by atoms with Gasteiger partial charge in [-0.1, -0.05) is 24.3 Å². The Kier molecular flexibility index (Phi) is 3.82. The minimum Gasteiger partial charge on any atom is -0.352 e. The zero-order valence-electron chi connectivity index (χ0n) is 11.8. The van der Waals surface area contributed by atoms with Gasteiger partial charge < -0.3 is 10.6 Å². The van der Waals surface area contributed by atoms with Crippen LogP contribution in [0, 0.1) is 0 Å². The summed E-state index contributed by atoms with van der Waals surface area (Å²) in [6.07, 6.45) is 2.97. The van der Waals surface area contributed by atoms with Gasteiger partial charge >= 0.3 is 0 Å². The molecule has 4 rings (SSSR count). The van der Waals surface area contributed by atoms with Crippen molar-refractivity contribution < 1.29 is 0 Å². The Morgan fingerprint density at radius 1 is 1.36 bits per heavy atom. The quantitative estimate of drug-likeness (QED) is 0.732. The standard InChI is InChI=1S/C16H15BrN4S/c17-12-9-22-14-8-20-16(21-15(12)14)19-7-13-11-4-2-1-3-10(11)5-6-18-13/h1-4,8-9,13,18H,5-7H2,(H,19,20,21). The van der Waals surface area contributed by atoms with Crippen molar-refractivity contribution in [1.82, 2.24) is 15.3 Å². The molecule has 0 saturated heterocycles. The summed E-state index contributed by atoms with van der Waals surface area (Å²) < 4.78 is 2.12. The maximum absolute atomic E-state index is 4.59. The molecule has 2 N–H and O–H groups in total. The summed E-state index contributed by atoms with van der Waals surface area (Å²) in [7, 11) is 0. The van der Waals surface area contributed by atoms with E-state index in [9.17, 15) is 0 Å². The molecule has 0 saturated carbocycles. The molecule has 6 heteroatoms. The fraction of sp³-hybridized carbons (Fsp3) is 0.250. The normalized spacial score (nSPS) is 17.4. The first-order valence-electron chi connectivity index (χ1n) is 7.26. The molecule has 4 nitrogen and oxygen atoms in total. The third-order valence-electron chi connectivity index (χ3n) is 3.95. The van der Waals surface area contributed by atoms with Crippen molar-refractivity contribution in [3.05, 3.63) is 51.4 Å². The summed E-state index contributed by atoms with van der Waals surface area (Å²) in [6.45, 7) is 1.80. The van der Waals surface area contributed by atoms with Gasteiger partial charge in [-0.2, -0.15) is 0 Å². The maximum atomic E-state index is 4.59. The lowest BCUT2D eigenvalue weighted by molar-refractivity contribution is 0.522. The molecular weight excluding hydrogens is 360 g/mol. The van der Waals surface area contributed by atoms with Crippen LogP contribution in [0.3, 0.4) is 0 Å². The highest BCUT2D eigenvalue weighted by atomic mass is 79.9. The lowest BCUT2D eigenvalue weighted by Crippen LogP contribution is -2.34. The van der Waals surface area contributed by atoms with E-state index >= 15 is 0 Å². The van der Waals surface area contributed by atoms with Crippen LogP contribution >= 0.6 is 27.3 Å². The molecule has 1 aromatic carbocycles. The molecule has 0 spiro atoms. The van der Waals surface area contributed by atoms with Crippen LogP contribution in [0.5, 0.6) is 0 Å². The Morgan fingerprint density at radius 3 is 3.23 bits per heavy atom. The van der Waals surface area contributed by atoms with E-state index in [2.05, 4.69) is 60.8 Å². The second-order valence-corrected chi connectivity index (χ2v) is 7.09. The molecule has 112 valence electrons. The van der Waals surface area contributed by atoms with Gasteiger partial charge in [0.1, 0.15) is 5.52 Å². The molecule has 1 atom stereocenters. The van der Waals surface area contributed by atoms with Gasteiger partial charge in [0.2, 0.25) is 5.95 Å². The molecule has 3 heterocycles. The minimum atomic E-state index is 0.301. The van der Waals surface area contributed by atoms with E-state index in [1.807, 2.05) is 11.6 Å². The number of aromatic nitrogens is 2. The van der Waals surface area contributed by atoms with Gasteiger partial charge in [0.15, 0.2) is 0 Å². The molecule has 0 radical (unpaired) electrons. The zero-order chi connectivity index (χ0) is 14.9. The van der Waals surface area contributed by atoms with Crippen LogP contribution in [0.15, 0.2) is 40.3 Å². The molecule has 1 aliphatic rings. The summed E-state index contributed by atoms with van der Waals surface area (Å²) in [5.41, 5.74) is 3.78. The lowest BCUT2D eigenvalue weighted by Gasteiger charge is -2.27. The van der Waals surface area contributed by atoms with Gasteiger partial charge in [0.25, 0.3) is 0 Å². The molecule has 2 aromatic heterocycles. The second kappa shape index (κ2) is 5.95. The van der Waals surface area contributed by atoms with Crippen LogP contribution in [0.4, 0.5) is 5.95 Å². The van der Waals surface area contributed by atoms with Crippen LogP contribution in [0.2, 0.25) is 0 Å². The van der Waals surface area contributed by atoms with Crippen molar-refractivity contribution >= 4 is 43.4 Å². The Balaban J connectivity index is 1.53. The van der Waals surface area contributed by atoms with Crippen LogP contribution < -0.4 is 10.6 Å². The summed E-state index contributed by atoms with van der Waals surface area (Å²) in [5, 5.41) is 8.97. The topological polar surface area (TPSA) is 49.8 Å². The van der Waals surface area contributed by atoms with Crippen LogP contribution in [-0.2, 0) is 6.42 Å². The number of hydrogen-bond donors (Lipinski definition) is 2. The summed E-state index contributed by atoms with van der Waals surface area (Å²) in [4.78, 5) is 8.99. The number of halogens is 1. The highest BCUT2D eigenvalue weighted by Crippen LogP contribution is 2.29. The Bertz CT molecular complexity index is 817. The van der Waals surface area contributed by atoms with Crippen molar-refractivity contribution in [2.24, 2.45) is 0 Å². The largest absolute Gasteiger partial charge is 0.352 e.